The Morgan fingerprint density at radius 3 is 2.61 bits per heavy atom. The fourth-order valence-corrected chi connectivity index (χ4v) is 4.09. The van der Waals surface area contributed by atoms with Crippen molar-refractivity contribution in [1.29, 1.82) is 0 Å². The van der Waals surface area contributed by atoms with Crippen molar-refractivity contribution >= 4 is 11.3 Å². The maximum absolute atomic E-state index is 10.3. The van der Waals surface area contributed by atoms with Gasteiger partial charge in [-0.05, 0) is 56.5 Å². The number of aryl methyl sites for hydroxylation is 1. The van der Waals surface area contributed by atoms with Gasteiger partial charge in [-0.2, -0.15) is 0 Å². The molecule has 2 unspecified atom stereocenters. The van der Waals surface area contributed by atoms with E-state index in [1.165, 1.54) is 29.7 Å². The average molecular weight is 267 g/mol. The van der Waals surface area contributed by atoms with E-state index in [1.807, 2.05) is 25.2 Å². The summed E-state index contributed by atoms with van der Waals surface area (Å²) < 4.78 is 0. The van der Waals surface area contributed by atoms with Gasteiger partial charge in [-0.1, -0.05) is 13.3 Å². The van der Waals surface area contributed by atoms with Gasteiger partial charge in [-0.25, -0.2) is 0 Å². The second-order valence-electron chi connectivity index (χ2n) is 6.16. The van der Waals surface area contributed by atoms with Crippen molar-refractivity contribution < 1.29 is 5.11 Å². The van der Waals surface area contributed by atoms with Crippen LogP contribution in [-0.2, 0) is 5.41 Å². The molecule has 0 saturated heterocycles. The van der Waals surface area contributed by atoms with Crippen molar-refractivity contribution in [2.24, 2.45) is 5.73 Å². The molecule has 1 aliphatic rings. The predicted molar refractivity (Wildman–Crippen MR) is 78.1 cm³/mol. The first-order valence-electron chi connectivity index (χ1n) is 6.93. The fraction of sp³-hybridized carbons (Fsp3) is 0.733. The lowest BCUT2D eigenvalue weighted by molar-refractivity contribution is 0.0219. The van der Waals surface area contributed by atoms with Crippen LogP contribution in [0.1, 0.15) is 56.4 Å². The highest BCUT2D eigenvalue weighted by Gasteiger charge is 2.46. The summed E-state index contributed by atoms with van der Waals surface area (Å²) in [6, 6.07) is 2.35. The third kappa shape index (κ3) is 2.49. The Bertz CT molecular complexity index is 406. The van der Waals surface area contributed by atoms with Crippen LogP contribution < -0.4 is 5.73 Å². The summed E-state index contributed by atoms with van der Waals surface area (Å²) in [6.07, 6.45) is 5.07. The van der Waals surface area contributed by atoms with Gasteiger partial charge in [0.15, 0.2) is 0 Å². The molecule has 0 radical (unpaired) electrons. The summed E-state index contributed by atoms with van der Waals surface area (Å²) >= 11 is 1.83. The third-order valence-electron chi connectivity index (χ3n) is 4.60. The van der Waals surface area contributed by atoms with Crippen LogP contribution >= 0.6 is 11.3 Å². The molecule has 1 aromatic heterocycles. The van der Waals surface area contributed by atoms with E-state index in [4.69, 9.17) is 5.73 Å². The largest absolute Gasteiger partial charge is 0.390 e. The van der Waals surface area contributed by atoms with Crippen molar-refractivity contribution in [3.05, 3.63) is 21.9 Å². The number of thiophene rings is 1. The number of hydrogen-bond donors (Lipinski definition) is 2. The molecule has 1 fully saturated rings. The fourth-order valence-electron chi connectivity index (χ4n) is 2.86. The Morgan fingerprint density at radius 2 is 2.22 bits per heavy atom. The molecule has 0 spiro atoms. The van der Waals surface area contributed by atoms with E-state index >= 15 is 0 Å². The van der Waals surface area contributed by atoms with Crippen LogP contribution in [0.15, 0.2) is 11.4 Å². The van der Waals surface area contributed by atoms with E-state index in [2.05, 4.69) is 18.4 Å². The molecule has 2 atom stereocenters. The van der Waals surface area contributed by atoms with Crippen molar-refractivity contribution in [3.63, 3.8) is 0 Å². The molecule has 0 bridgehead atoms. The lowest BCUT2D eigenvalue weighted by Gasteiger charge is -2.47. The zero-order valence-electron chi connectivity index (χ0n) is 11.7. The van der Waals surface area contributed by atoms with Crippen molar-refractivity contribution in [2.75, 3.05) is 0 Å². The average Bonchev–Trinajstić information content (AvgIpc) is 2.63. The summed E-state index contributed by atoms with van der Waals surface area (Å²) in [4.78, 5) is 1.42. The normalized spacial score (nSPS) is 23.2. The first-order chi connectivity index (χ1) is 8.39. The van der Waals surface area contributed by atoms with E-state index in [-0.39, 0.29) is 11.5 Å². The molecule has 0 amide bonds. The maximum atomic E-state index is 10.3. The molecule has 1 heterocycles. The van der Waals surface area contributed by atoms with E-state index in [1.54, 1.807) is 0 Å². The molecule has 2 rings (SSSR count). The molecule has 0 aromatic carbocycles. The van der Waals surface area contributed by atoms with Crippen LogP contribution in [0.5, 0.6) is 0 Å². The molecule has 0 aliphatic heterocycles. The monoisotopic (exact) mass is 267 g/mol. The molecule has 3 N–H and O–H groups in total. The van der Waals surface area contributed by atoms with Gasteiger partial charge in [-0.3, -0.25) is 0 Å². The van der Waals surface area contributed by atoms with Crippen LogP contribution in [-0.4, -0.2) is 16.7 Å². The minimum Gasteiger partial charge on any atom is -0.390 e. The van der Waals surface area contributed by atoms with E-state index < -0.39 is 5.60 Å². The SMILES string of the molecule is CCC(C)(O)CC(N)C1(c2cc(C)cs2)CCC1. The summed E-state index contributed by atoms with van der Waals surface area (Å²) in [5.74, 6) is 0. The Labute approximate surface area is 114 Å². The van der Waals surface area contributed by atoms with Gasteiger partial charge in [0.25, 0.3) is 0 Å². The number of nitrogens with two attached hydrogens (primary N) is 1. The summed E-state index contributed by atoms with van der Waals surface area (Å²) in [5.41, 5.74) is 7.30. The van der Waals surface area contributed by atoms with Crippen molar-refractivity contribution in [1.82, 2.24) is 0 Å². The van der Waals surface area contributed by atoms with Gasteiger partial charge in [0.2, 0.25) is 0 Å². The zero-order chi connectivity index (χ0) is 13.4. The predicted octanol–water partition coefficient (Wildman–Crippen LogP) is 3.36. The minimum absolute atomic E-state index is 0.0687. The highest BCUT2D eigenvalue weighted by atomic mass is 32.1. The van der Waals surface area contributed by atoms with E-state index in [0.29, 0.717) is 6.42 Å². The van der Waals surface area contributed by atoms with Gasteiger partial charge in [0, 0.05) is 16.3 Å². The maximum Gasteiger partial charge on any atom is 0.0632 e. The zero-order valence-corrected chi connectivity index (χ0v) is 12.5. The van der Waals surface area contributed by atoms with Crippen LogP contribution in [0.25, 0.3) is 0 Å². The summed E-state index contributed by atoms with van der Waals surface area (Å²) in [6.45, 7) is 6.06. The smallest absolute Gasteiger partial charge is 0.0632 e. The molecule has 1 saturated carbocycles. The van der Waals surface area contributed by atoms with Gasteiger partial charge < -0.3 is 10.8 Å². The van der Waals surface area contributed by atoms with Gasteiger partial charge >= 0.3 is 0 Å². The first-order valence-corrected chi connectivity index (χ1v) is 7.81. The van der Waals surface area contributed by atoms with E-state index in [0.717, 1.165) is 6.42 Å². The summed E-state index contributed by atoms with van der Waals surface area (Å²) in [5, 5.41) is 12.5. The highest BCUT2D eigenvalue weighted by Crippen LogP contribution is 2.49. The summed E-state index contributed by atoms with van der Waals surface area (Å²) in [7, 11) is 0. The molecular weight excluding hydrogens is 242 g/mol. The van der Waals surface area contributed by atoms with Gasteiger partial charge in [-0.15, -0.1) is 11.3 Å². The Morgan fingerprint density at radius 1 is 1.56 bits per heavy atom. The molecular formula is C15H25NOS. The molecule has 102 valence electrons. The molecule has 18 heavy (non-hydrogen) atoms. The number of aliphatic hydroxyl groups is 1. The first kappa shape index (κ1) is 14.0. The lowest BCUT2D eigenvalue weighted by atomic mass is 9.61. The highest BCUT2D eigenvalue weighted by molar-refractivity contribution is 7.10. The van der Waals surface area contributed by atoms with Crippen LogP contribution in [0.4, 0.5) is 0 Å². The second-order valence-corrected chi connectivity index (χ2v) is 7.07. The molecule has 1 aromatic rings. The van der Waals surface area contributed by atoms with Crippen molar-refractivity contribution in [2.45, 2.75) is 69.9 Å². The Kier molecular flexibility index (Phi) is 3.86. The van der Waals surface area contributed by atoms with Crippen molar-refractivity contribution in [3.8, 4) is 0 Å². The second kappa shape index (κ2) is 4.95. The third-order valence-corrected chi connectivity index (χ3v) is 5.87. The van der Waals surface area contributed by atoms with Crippen LogP contribution in [0.2, 0.25) is 0 Å². The minimum atomic E-state index is -0.631. The Balaban J connectivity index is 2.18. The number of hydrogen-bond acceptors (Lipinski definition) is 3. The van der Waals surface area contributed by atoms with Gasteiger partial charge in [0.05, 0.1) is 5.60 Å². The molecule has 2 nitrogen and oxygen atoms in total. The lowest BCUT2D eigenvalue weighted by Crippen LogP contribution is -2.52. The topological polar surface area (TPSA) is 46.2 Å². The van der Waals surface area contributed by atoms with Gasteiger partial charge in [0.1, 0.15) is 0 Å². The molecule has 3 heteroatoms. The van der Waals surface area contributed by atoms with E-state index in [9.17, 15) is 5.11 Å². The molecule has 1 aliphatic carbocycles. The van der Waals surface area contributed by atoms with Crippen LogP contribution in [0.3, 0.4) is 0 Å². The number of rotatable bonds is 5. The standard InChI is InChI=1S/C15H25NOS/c1-4-14(3,17)9-12(16)15(6-5-7-15)13-8-11(2)10-18-13/h8,10,12,17H,4-7,9,16H2,1-3H3. The quantitative estimate of drug-likeness (QED) is 0.859. The Hall–Kier alpha value is -0.380. The van der Waals surface area contributed by atoms with Crippen LogP contribution in [0, 0.1) is 6.92 Å².